The molecule has 1 aliphatic rings. The van der Waals surface area contributed by atoms with Gasteiger partial charge in [0.15, 0.2) is 0 Å². The van der Waals surface area contributed by atoms with Gasteiger partial charge >= 0.3 is 6.36 Å². The molecule has 148 valence electrons. The first kappa shape index (κ1) is 19.5. The van der Waals surface area contributed by atoms with E-state index in [-0.39, 0.29) is 24.6 Å². The van der Waals surface area contributed by atoms with Gasteiger partial charge in [0, 0.05) is 18.7 Å². The van der Waals surface area contributed by atoms with Crippen molar-refractivity contribution in [2.24, 2.45) is 5.92 Å². The van der Waals surface area contributed by atoms with E-state index < -0.39 is 18.2 Å². The van der Waals surface area contributed by atoms with Crippen LogP contribution in [0.1, 0.15) is 6.42 Å². The van der Waals surface area contributed by atoms with Crippen molar-refractivity contribution in [3.05, 3.63) is 48.5 Å². The van der Waals surface area contributed by atoms with Crippen LogP contribution in [0.4, 0.5) is 24.5 Å². The number of carbonyl (C=O) groups is 2. The average Bonchev–Trinajstić information content (AvgIpc) is 3.04. The maximum absolute atomic E-state index is 12.5. The van der Waals surface area contributed by atoms with E-state index in [4.69, 9.17) is 4.74 Å². The lowest BCUT2D eigenvalue weighted by Crippen LogP contribution is -2.28. The number of alkyl halides is 3. The van der Waals surface area contributed by atoms with E-state index in [0.717, 1.165) is 12.1 Å². The number of ether oxygens (including phenoxy) is 2. The van der Waals surface area contributed by atoms with Gasteiger partial charge in [0.1, 0.15) is 11.5 Å². The number of hydrogen-bond acceptors (Lipinski definition) is 4. The highest BCUT2D eigenvalue weighted by Gasteiger charge is 2.36. The number of amides is 2. The maximum atomic E-state index is 12.5. The van der Waals surface area contributed by atoms with Crippen molar-refractivity contribution < 1.29 is 32.2 Å². The van der Waals surface area contributed by atoms with E-state index in [1.165, 1.54) is 24.1 Å². The second-order valence-electron chi connectivity index (χ2n) is 6.14. The summed E-state index contributed by atoms with van der Waals surface area (Å²) in [5.41, 5.74) is 0.890. The van der Waals surface area contributed by atoms with Gasteiger partial charge in [0.25, 0.3) is 0 Å². The Bertz CT molecular complexity index is 868. The zero-order valence-corrected chi connectivity index (χ0v) is 14.8. The fourth-order valence-electron chi connectivity index (χ4n) is 2.95. The van der Waals surface area contributed by atoms with Gasteiger partial charge in [0.2, 0.25) is 11.8 Å². The Balaban J connectivity index is 1.65. The van der Waals surface area contributed by atoms with E-state index in [9.17, 15) is 22.8 Å². The highest BCUT2D eigenvalue weighted by atomic mass is 19.4. The molecule has 2 aromatic carbocycles. The summed E-state index contributed by atoms with van der Waals surface area (Å²) in [6.45, 7) is 0.181. The second-order valence-corrected chi connectivity index (χ2v) is 6.14. The van der Waals surface area contributed by atoms with Crippen LogP contribution in [0.2, 0.25) is 0 Å². The molecule has 28 heavy (non-hydrogen) atoms. The fraction of sp³-hybridized carbons (Fsp3) is 0.263. The molecule has 6 nitrogen and oxygen atoms in total. The Hall–Kier alpha value is -3.23. The predicted molar refractivity (Wildman–Crippen MR) is 95.2 cm³/mol. The minimum Gasteiger partial charge on any atom is -0.495 e. The summed E-state index contributed by atoms with van der Waals surface area (Å²) in [5, 5.41) is 2.61. The number of rotatable bonds is 5. The Morgan fingerprint density at radius 2 is 1.82 bits per heavy atom. The summed E-state index contributed by atoms with van der Waals surface area (Å²) >= 11 is 0. The Morgan fingerprint density at radius 1 is 1.14 bits per heavy atom. The van der Waals surface area contributed by atoms with E-state index in [1.54, 1.807) is 24.3 Å². The zero-order chi connectivity index (χ0) is 20.3. The van der Waals surface area contributed by atoms with Gasteiger partial charge in [-0.3, -0.25) is 9.59 Å². The van der Waals surface area contributed by atoms with Crippen molar-refractivity contribution in [2.45, 2.75) is 12.8 Å². The summed E-state index contributed by atoms with van der Waals surface area (Å²) in [6.07, 6.45) is -4.75. The molecule has 0 saturated carbocycles. The zero-order valence-electron chi connectivity index (χ0n) is 14.8. The van der Waals surface area contributed by atoms with Crippen molar-refractivity contribution in [2.75, 3.05) is 23.9 Å². The highest BCUT2D eigenvalue weighted by molar-refractivity contribution is 6.04. The number of hydrogen-bond donors (Lipinski definition) is 1. The SMILES string of the molecule is COc1ccccc1N1CC(C(=O)Nc2ccc(OC(F)(F)F)cc2)CC1=O. The lowest BCUT2D eigenvalue weighted by Gasteiger charge is -2.19. The van der Waals surface area contributed by atoms with Crippen LogP contribution in [0, 0.1) is 5.92 Å². The largest absolute Gasteiger partial charge is 0.573 e. The van der Waals surface area contributed by atoms with E-state index in [1.807, 2.05) is 0 Å². The molecule has 2 aromatic rings. The third-order valence-electron chi connectivity index (χ3n) is 4.23. The van der Waals surface area contributed by atoms with Gasteiger partial charge < -0.3 is 19.7 Å². The fourth-order valence-corrected chi connectivity index (χ4v) is 2.95. The minimum atomic E-state index is -4.78. The van der Waals surface area contributed by atoms with Crippen LogP contribution >= 0.6 is 0 Å². The molecule has 1 aliphatic heterocycles. The quantitative estimate of drug-likeness (QED) is 0.842. The molecule has 0 aromatic heterocycles. The molecule has 1 N–H and O–H groups in total. The van der Waals surface area contributed by atoms with Crippen LogP contribution in [-0.4, -0.2) is 31.8 Å². The summed E-state index contributed by atoms with van der Waals surface area (Å²) in [7, 11) is 1.50. The number of methoxy groups -OCH3 is 1. The predicted octanol–water partition coefficient (Wildman–Crippen LogP) is 3.59. The third-order valence-corrected chi connectivity index (χ3v) is 4.23. The summed E-state index contributed by atoms with van der Waals surface area (Å²) in [5.74, 6) is -1.06. The monoisotopic (exact) mass is 394 g/mol. The van der Waals surface area contributed by atoms with Crippen LogP contribution in [0.25, 0.3) is 0 Å². The molecule has 1 heterocycles. The second kappa shape index (κ2) is 7.79. The summed E-state index contributed by atoms with van der Waals surface area (Å²) in [4.78, 5) is 26.3. The first-order chi connectivity index (χ1) is 13.3. The maximum Gasteiger partial charge on any atom is 0.573 e. The Morgan fingerprint density at radius 3 is 2.46 bits per heavy atom. The van der Waals surface area contributed by atoms with Crippen molar-refractivity contribution in [1.82, 2.24) is 0 Å². The average molecular weight is 394 g/mol. The smallest absolute Gasteiger partial charge is 0.495 e. The van der Waals surface area contributed by atoms with Gasteiger partial charge in [0.05, 0.1) is 18.7 Å². The van der Waals surface area contributed by atoms with Gasteiger partial charge in [-0.25, -0.2) is 0 Å². The molecule has 0 radical (unpaired) electrons. The van der Waals surface area contributed by atoms with E-state index in [2.05, 4.69) is 10.1 Å². The molecule has 1 unspecified atom stereocenters. The van der Waals surface area contributed by atoms with Crippen molar-refractivity contribution in [1.29, 1.82) is 0 Å². The van der Waals surface area contributed by atoms with E-state index in [0.29, 0.717) is 17.1 Å². The Labute approximate surface area is 158 Å². The number of halogens is 3. The number of para-hydroxylation sites is 2. The van der Waals surface area contributed by atoms with Crippen LogP contribution in [0.15, 0.2) is 48.5 Å². The number of benzene rings is 2. The topological polar surface area (TPSA) is 67.9 Å². The first-order valence-electron chi connectivity index (χ1n) is 8.37. The number of carbonyl (C=O) groups excluding carboxylic acids is 2. The standard InChI is InChI=1S/C19H17F3N2O4/c1-27-16-5-3-2-4-15(16)24-11-12(10-17(24)25)18(26)23-13-6-8-14(9-7-13)28-19(20,21)22/h2-9,12H,10-11H2,1H3,(H,23,26). The van der Waals surface area contributed by atoms with Gasteiger partial charge in [-0.1, -0.05) is 12.1 Å². The van der Waals surface area contributed by atoms with Gasteiger partial charge in [-0.15, -0.1) is 13.2 Å². The van der Waals surface area contributed by atoms with E-state index >= 15 is 0 Å². The molecule has 9 heteroatoms. The lowest BCUT2D eigenvalue weighted by molar-refractivity contribution is -0.274. The molecule has 0 bridgehead atoms. The number of anilines is 2. The summed E-state index contributed by atoms with van der Waals surface area (Å²) < 4.78 is 45.6. The van der Waals surface area contributed by atoms with Crippen molar-refractivity contribution in [3.63, 3.8) is 0 Å². The minimum absolute atomic E-state index is 0.0269. The molecule has 1 saturated heterocycles. The number of nitrogens with zero attached hydrogens (tertiary/aromatic N) is 1. The van der Waals surface area contributed by atoms with Crippen LogP contribution in [0.3, 0.4) is 0 Å². The van der Waals surface area contributed by atoms with Gasteiger partial charge in [-0.2, -0.15) is 0 Å². The molecule has 0 spiro atoms. The third kappa shape index (κ3) is 4.54. The number of nitrogens with one attached hydrogen (secondary N) is 1. The first-order valence-corrected chi connectivity index (χ1v) is 8.37. The molecule has 0 aliphatic carbocycles. The molecule has 2 amide bonds. The van der Waals surface area contributed by atoms with Crippen LogP contribution in [-0.2, 0) is 9.59 Å². The lowest BCUT2D eigenvalue weighted by atomic mass is 10.1. The molecular weight excluding hydrogens is 377 g/mol. The molecule has 3 rings (SSSR count). The molecule has 1 atom stereocenters. The molecular formula is C19H17F3N2O4. The Kier molecular flexibility index (Phi) is 5.43. The van der Waals surface area contributed by atoms with Crippen molar-refractivity contribution >= 4 is 23.2 Å². The normalized spacial score (nSPS) is 16.8. The molecule has 1 fully saturated rings. The van der Waals surface area contributed by atoms with Crippen LogP contribution in [0.5, 0.6) is 11.5 Å². The van der Waals surface area contributed by atoms with Crippen molar-refractivity contribution in [3.8, 4) is 11.5 Å². The van der Waals surface area contributed by atoms with Gasteiger partial charge in [-0.05, 0) is 36.4 Å². The highest BCUT2D eigenvalue weighted by Crippen LogP contribution is 2.33. The van der Waals surface area contributed by atoms with Crippen LogP contribution < -0.4 is 19.7 Å². The summed E-state index contributed by atoms with van der Waals surface area (Å²) in [6, 6.07) is 11.8.